The first-order valence-electron chi connectivity index (χ1n) is 6.62. The standard InChI is InChI=1S/C13H26N2O2/c1-5-11(10-7-6-8-14-9-10)15-12(16)17-13(2,3)4/h10-11,14H,5-9H2,1-4H3,(H,15,16). The zero-order chi connectivity index (χ0) is 12.9. The summed E-state index contributed by atoms with van der Waals surface area (Å²) in [6.07, 6.45) is 3.03. The van der Waals surface area contributed by atoms with Crippen LogP contribution in [0.1, 0.15) is 47.0 Å². The molecule has 1 heterocycles. The molecule has 4 heteroatoms. The number of amides is 1. The van der Waals surface area contributed by atoms with E-state index in [4.69, 9.17) is 4.74 Å². The van der Waals surface area contributed by atoms with Gasteiger partial charge in [-0.1, -0.05) is 6.92 Å². The molecule has 1 saturated heterocycles. The van der Waals surface area contributed by atoms with E-state index in [1.54, 1.807) is 0 Å². The number of hydrogen-bond acceptors (Lipinski definition) is 3. The molecule has 0 aromatic carbocycles. The van der Waals surface area contributed by atoms with Crippen molar-refractivity contribution in [3.8, 4) is 0 Å². The van der Waals surface area contributed by atoms with Gasteiger partial charge in [0.25, 0.3) is 0 Å². The monoisotopic (exact) mass is 242 g/mol. The highest BCUT2D eigenvalue weighted by Crippen LogP contribution is 2.17. The number of rotatable bonds is 3. The molecule has 4 nitrogen and oxygen atoms in total. The number of hydrogen-bond donors (Lipinski definition) is 2. The van der Waals surface area contributed by atoms with Crippen LogP contribution in [-0.2, 0) is 4.74 Å². The molecule has 17 heavy (non-hydrogen) atoms. The Morgan fingerprint density at radius 1 is 1.53 bits per heavy atom. The highest BCUT2D eigenvalue weighted by Gasteiger charge is 2.25. The molecule has 1 fully saturated rings. The van der Waals surface area contributed by atoms with E-state index in [1.807, 2.05) is 20.8 Å². The minimum absolute atomic E-state index is 0.220. The van der Waals surface area contributed by atoms with Crippen LogP contribution in [0.2, 0.25) is 0 Å². The third-order valence-electron chi connectivity index (χ3n) is 3.05. The Morgan fingerprint density at radius 3 is 2.71 bits per heavy atom. The molecule has 2 atom stereocenters. The van der Waals surface area contributed by atoms with Gasteiger partial charge in [0.1, 0.15) is 5.60 Å². The van der Waals surface area contributed by atoms with Crippen molar-refractivity contribution in [2.75, 3.05) is 13.1 Å². The van der Waals surface area contributed by atoms with Gasteiger partial charge in [-0.15, -0.1) is 0 Å². The predicted molar refractivity (Wildman–Crippen MR) is 69.0 cm³/mol. The van der Waals surface area contributed by atoms with Crippen LogP contribution in [0, 0.1) is 5.92 Å². The van der Waals surface area contributed by atoms with Crippen molar-refractivity contribution in [1.29, 1.82) is 0 Å². The van der Waals surface area contributed by atoms with Gasteiger partial charge in [0.05, 0.1) is 0 Å². The molecule has 100 valence electrons. The van der Waals surface area contributed by atoms with E-state index >= 15 is 0 Å². The fourth-order valence-electron chi connectivity index (χ4n) is 2.23. The topological polar surface area (TPSA) is 50.4 Å². The predicted octanol–water partition coefficient (Wildman–Crippen LogP) is 2.29. The first kappa shape index (κ1) is 14.3. The number of nitrogens with one attached hydrogen (secondary N) is 2. The molecule has 0 aromatic rings. The molecule has 2 unspecified atom stereocenters. The number of piperidine rings is 1. The Morgan fingerprint density at radius 2 is 2.24 bits per heavy atom. The van der Waals surface area contributed by atoms with E-state index < -0.39 is 5.60 Å². The van der Waals surface area contributed by atoms with Crippen LogP contribution in [0.15, 0.2) is 0 Å². The van der Waals surface area contributed by atoms with Crippen molar-refractivity contribution < 1.29 is 9.53 Å². The number of ether oxygens (including phenoxy) is 1. The molecule has 2 N–H and O–H groups in total. The van der Waals surface area contributed by atoms with Crippen LogP contribution < -0.4 is 10.6 Å². The van der Waals surface area contributed by atoms with Crippen LogP contribution >= 0.6 is 0 Å². The first-order valence-corrected chi connectivity index (χ1v) is 6.62. The molecule has 0 aliphatic carbocycles. The molecule has 1 rings (SSSR count). The number of carbonyl (C=O) groups is 1. The lowest BCUT2D eigenvalue weighted by molar-refractivity contribution is 0.0478. The van der Waals surface area contributed by atoms with Crippen molar-refractivity contribution in [3.63, 3.8) is 0 Å². The van der Waals surface area contributed by atoms with Gasteiger partial charge in [-0.3, -0.25) is 0 Å². The molecular formula is C13H26N2O2. The van der Waals surface area contributed by atoms with Gasteiger partial charge in [-0.2, -0.15) is 0 Å². The van der Waals surface area contributed by atoms with Crippen LogP contribution in [-0.4, -0.2) is 30.8 Å². The molecule has 0 aromatic heterocycles. The molecule has 1 aliphatic heterocycles. The second kappa shape index (κ2) is 6.24. The summed E-state index contributed by atoms with van der Waals surface area (Å²) >= 11 is 0. The van der Waals surface area contributed by atoms with Crippen LogP contribution in [0.3, 0.4) is 0 Å². The quantitative estimate of drug-likeness (QED) is 0.798. The summed E-state index contributed by atoms with van der Waals surface area (Å²) in [5.41, 5.74) is -0.423. The molecule has 0 spiro atoms. The smallest absolute Gasteiger partial charge is 0.407 e. The van der Waals surface area contributed by atoms with Gasteiger partial charge in [0.15, 0.2) is 0 Å². The lowest BCUT2D eigenvalue weighted by atomic mass is 9.90. The largest absolute Gasteiger partial charge is 0.444 e. The van der Waals surface area contributed by atoms with E-state index in [-0.39, 0.29) is 12.1 Å². The normalized spacial score (nSPS) is 22.9. The minimum Gasteiger partial charge on any atom is -0.444 e. The van der Waals surface area contributed by atoms with Crippen molar-refractivity contribution in [1.82, 2.24) is 10.6 Å². The van der Waals surface area contributed by atoms with Crippen LogP contribution in [0.25, 0.3) is 0 Å². The average Bonchev–Trinajstić information content (AvgIpc) is 2.24. The molecule has 0 radical (unpaired) electrons. The third-order valence-corrected chi connectivity index (χ3v) is 3.05. The maximum Gasteiger partial charge on any atom is 0.407 e. The SMILES string of the molecule is CCC(NC(=O)OC(C)(C)C)C1CCCNC1. The summed E-state index contributed by atoms with van der Waals surface area (Å²) in [4.78, 5) is 11.7. The summed E-state index contributed by atoms with van der Waals surface area (Å²) in [6.45, 7) is 9.85. The van der Waals surface area contributed by atoms with Gasteiger partial charge < -0.3 is 15.4 Å². The molecular weight excluding hydrogens is 216 g/mol. The zero-order valence-corrected chi connectivity index (χ0v) is 11.5. The van der Waals surface area contributed by atoms with Gasteiger partial charge in [-0.05, 0) is 59.0 Å². The summed E-state index contributed by atoms with van der Waals surface area (Å²) < 4.78 is 5.29. The van der Waals surface area contributed by atoms with Gasteiger partial charge in [-0.25, -0.2) is 4.79 Å². The van der Waals surface area contributed by atoms with Gasteiger partial charge in [0.2, 0.25) is 0 Å². The van der Waals surface area contributed by atoms with E-state index in [1.165, 1.54) is 12.8 Å². The Balaban J connectivity index is 2.42. The van der Waals surface area contributed by atoms with E-state index in [9.17, 15) is 4.79 Å². The Bertz CT molecular complexity index is 242. The third kappa shape index (κ3) is 5.39. The van der Waals surface area contributed by atoms with Crippen LogP contribution in [0.5, 0.6) is 0 Å². The lowest BCUT2D eigenvalue weighted by Crippen LogP contribution is -2.47. The summed E-state index contributed by atoms with van der Waals surface area (Å²) in [5, 5.41) is 6.37. The molecule has 1 amide bonds. The van der Waals surface area contributed by atoms with Crippen molar-refractivity contribution >= 4 is 6.09 Å². The van der Waals surface area contributed by atoms with E-state index in [2.05, 4.69) is 17.6 Å². The lowest BCUT2D eigenvalue weighted by Gasteiger charge is -2.31. The Labute approximate surface area is 104 Å². The van der Waals surface area contributed by atoms with Crippen molar-refractivity contribution in [3.05, 3.63) is 0 Å². The van der Waals surface area contributed by atoms with E-state index in [0.717, 1.165) is 19.5 Å². The maximum atomic E-state index is 11.7. The Hall–Kier alpha value is -0.770. The fraction of sp³-hybridized carbons (Fsp3) is 0.923. The highest BCUT2D eigenvalue weighted by molar-refractivity contribution is 5.68. The summed E-state index contributed by atoms with van der Waals surface area (Å²) in [7, 11) is 0. The fourth-order valence-corrected chi connectivity index (χ4v) is 2.23. The Kier molecular flexibility index (Phi) is 5.25. The molecule has 0 saturated carbocycles. The summed E-state index contributed by atoms with van der Waals surface area (Å²) in [6, 6.07) is 0.220. The zero-order valence-electron chi connectivity index (χ0n) is 11.5. The maximum absolute atomic E-state index is 11.7. The number of alkyl carbamates (subject to hydrolysis) is 1. The van der Waals surface area contributed by atoms with Crippen molar-refractivity contribution in [2.45, 2.75) is 58.6 Å². The summed E-state index contributed by atoms with van der Waals surface area (Å²) in [5.74, 6) is 0.529. The van der Waals surface area contributed by atoms with Gasteiger partial charge in [0, 0.05) is 6.04 Å². The molecule has 1 aliphatic rings. The second-order valence-electron chi connectivity index (χ2n) is 5.77. The van der Waals surface area contributed by atoms with E-state index in [0.29, 0.717) is 5.92 Å². The number of carbonyl (C=O) groups excluding carboxylic acids is 1. The van der Waals surface area contributed by atoms with Crippen LogP contribution in [0.4, 0.5) is 4.79 Å². The average molecular weight is 242 g/mol. The minimum atomic E-state index is -0.423. The first-order chi connectivity index (χ1) is 7.92. The van der Waals surface area contributed by atoms with Crippen molar-refractivity contribution in [2.24, 2.45) is 5.92 Å². The highest BCUT2D eigenvalue weighted by atomic mass is 16.6. The van der Waals surface area contributed by atoms with Gasteiger partial charge >= 0.3 is 6.09 Å². The second-order valence-corrected chi connectivity index (χ2v) is 5.77. The molecule has 0 bridgehead atoms.